The summed E-state index contributed by atoms with van der Waals surface area (Å²) in [5.74, 6) is -2.09. The molecule has 1 aliphatic rings. The summed E-state index contributed by atoms with van der Waals surface area (Å²) in [4.78, 5) is 11.5. The second kappa shape index (κ2) is 5.51. The van der Waals surface area contributed by atoms with Crippen LogP contribution in [0.3, 0.4) is 0 Å². The van der Waals surface area contributed by atoms with Crippen LogP contribution in [0.25, 0.3) is 0 Å². The van der Waals surface area contributed by atoms with Crippen molar-refractivity contribution < 1.29 is 18.3 Å². The van der Waals surface area contributed by atoms with Gasteiger partial charge in [-0.3, -0.25) is 4.79 Å². The molecule has 0 radical (unpaired) electrons. The highest BCUT2D eigenvalue weighted by atomic mass is 35.5. The third-order valence-electron chi connectivity index (χ3n) is 3.44. The minimum absolute atomic E-state index is 0.0590. The Hall–Kier alpha value is -1.07. The van der Waals surface area contributed by atoms with Crippen LogP contribution in [0, 0.1) is 5.92 Å². The lowest BCUT2D eigenvalue weighted by molar-refractivity contribution is -0.140. The minimum atomic E-state index is -3.12. The molecule has 4 nitrogen and oxygen atoms in total. The van der Waals surface area contributed by atoms with Gasteiger partial charge in [0.25, 0.3) is 0 Å². The van der Waals surface area contributed by atoms with Crippen molar-refractivity contribution in [1.29, 1.82) is 0 Å². The second-order valence-electron chi connectivity index (χ2n) is 4.89. The van der Waals surface area contributed by atoms with Crippen LogP contribution < -0.4 is 0 Å². The highest BCUT2D eigenvalue weighted by Gasteiger charge is 2.35. The van der Waals surface area contributed by atoms with E-state index in [0.29, 0.717) is 23.4 Å². The van der Waals surface area contributed by atoms with Crippen LogP contribution in [0.4, 0.5) is 0 Å². The smallest absolute Gasteiger partial charge is 0.311 e. The zero-order valence-electron chi connectivity index (χ0n) is 10.3. The maximum Gasteiger partial charge on any atom is 0.311 e. The molecule has 2 rings (SSSR count). The molecule has 0 spiro atoms. The summed E-state index contributed by atoms with van der Waals surface area (Å²) in [6.45, 7) is 0. The monoisotopic (exact) mass is 302 g/mol. The van der Waals surface area contributed by atoms with Crippen molar-refractivity contribution in [3.8, 4) is 0 Å². The maximum absolute atomic E-state index is 11.7. The molecule has 1 heterocycles. The van der Waals surface area contributed by atoms with Crippen LogP contribution in [-0.2, 0) is 14.6 Å². The van der Waals surface area contributed by atoms with E-state index in [9.17, 15) is 18.3 Å². The molecular weight excluding hydrogens is 288 g/mol. The molecule has 0 aromatic heterocycles. The molecule has 0 amide bonds. The predicted octanol–water partition coefficient (Wildman–Crippen LogP) is 2.33. The summed E-state index contributed by atoms with van der Waals surface area (Å²) in [6, 6.07) is 6.64. The van der Waals surface area contributed by atoms with Gasteiger partial charge in [-0.1, -0.05) is 23.7 Å². The number of hydrogen-bond donors (Lipinski definition) is 1. The van der Waals surface area contributed by atoms with Gasteiger partial charge in [0.1, 0.15) is 0 Å². The summed E-state index contributed by atoms with van der Waals surface area (Å²) < 4.78 is 23.3. The molecule has 0 bridgehead atoms. The molecule has 1 aliphatic heterocycles. The van der Waals surface area contributed by atoms with Crippen LogP contribution in [-0.4, -0.2) is 31.0 Å². The first-order valence-electron chi connectivity index (χ1n) is 6.08. The van der Waals surface area contributed by atoms with E-state index in [2.05, 4.69) is 0 Å². The quantitative estimate of drug-likeness (QED) is 0.930. The van der Waals surface area contributed by atoms with Gasteiger partial charge in [-0.25, -0.2) is 8.42 Å². The van der Waals surface area contributed by atoms with Crippen LogP contribution in [0.2, 0.25) is 5.02 Å². The third-order valence-corrected chi connectivity index (χ3v) is 5.53. The molecule has 104 valence electrons. The standard InChI is InChI=1S/C13H15ClO4S/c14-11-5-1-3-9(7-11)12(13(15)16)10-4-2-6-19(17,18)8-10/h1,3,5,7,10,12H,2,4,6,8H2,(H,15,16). The summed E-state index contributed by atoms with van der Waals surface area (Å²) in [5.41, 5.74) is 0.571. The fourth-order valence-corrected chi connectivity index (χ4v) is 4.62. The van der Waals surface area contributed by atoms with Crippen molar-refractivity contribution in [2.24, 2.45) is 5.92 Å². The molecular formula is C13H15ClO4S. The summed E-state index contributed by atoms with van der Waals surface area (Å²) >= 11 is 5.88. The van der Waals surface area contributed by atoms with Gasteiger partial charge < -0.3 is 5.11 Å². The SMILES string of the molecule is O=C(O)C(c1cccc(Cl)c1)C1CCCS(=O)(=O)C1. The predicted molar refractivity (Wildman–Crippen MR) is 73.2 cm³/mol. The van der Waals surface area contributed by atoms with E-state index in [4.69, 9.17) is 11.6 Å². The fourth-order valence-electron chi connectivity index (χ4n) is 2.64. The van der Waals surface area contributed by atoms with Gasteiger partial charge >= 0.3 is 5.97 Å². The molecule has 0 aliphatic carbocycles. The zero-order valence-corrected chi connectivity index (χ0v) is 11.8. The second-order valence-corrected chi connectivity index (χ2v) is 7.55. The number of rotatable bonds is 3. The van der Waals surface area contributed by atoms with Crippen molar-refractivity contribution in [2.75, 3.05) is 11.5 Å². The highest BCUT2D eigenvalue weighted by molar-refractivity contribution is 7.91. The van der Waals surface area contributed by atoms with E-state index in [0.717, 1.165) is 0 Å². The number of carboxylic acids is 1. The Morgan fingerprint density at radius 3 is 2.74 bits per heavy atom. The van der Waals surface area contributed by atoms with Gasteiger partial charge in [-0.05, 0) is 36.5 Å². The Labute approximate surface area is 117 Å². The Morgan fingerprint density at radius 1 is 1.42 bits per heavy atom. The van der Waals surface area contributed by atoms with Crippen molar-refractivity contribution >= 4 is 27.4 Å². The van der Waals surface area contributed by atoms with Crippen LogP contribution in [0.5, 0.6) is 0 Å². The Kier molecular flexibility index (Phi) is 4.16. The van der Waals surface area contributed by atoms with Crippen molar-refractivity contribution in [2.45, 2.75) is 18.8 Å². The first kappa shape index (κ1) is 14.3. The van der Waals surface area contributed by atoms with Gasteiger partial charge in [0.15, 0.2) is 9.84 Å². The van der Waals surface area contributed by atoms with E-state index in [1.807, 2.05) is 0 Å². The molecule has 1 saturated heterocycles. The van der Waals surface area contributed by atoms with E-state index < -0.39 is 21.7 Å². The number of carboxylic acid groups (broad SMARTS) is 1. The van der Waals surface area contributed by atoms with E-state index in [1.54, 1.807) is 24.3 Å². The first-order valence-corrected chi connectivity index (χ1v) is 8.28. The number of halogens is 1. The van der Waals surface area contributed by atoms with Gasteiger partial charge in [0.05, 0.1) is 17.4 Å². The van der Waals surface area contributed by atoms with Gasteiger partial charge in [0.2, 0.25) is 0 Å². The van der Waals surface area contributed by atoms with Crippen molar-refractivity contribution in [3.05, 3.63) is 34.9 Å². The average Bonchev–Trinajstić information content (AvgIpc) is 2.27. The number of carbonyl (C=O) groups is 1. The zero-order chi connectivity index (χ0) is 14.0. The van der Waals surface area contributed by atoms with Crippen LogP contribution in [0.15, 0.2) is 24.3 Å². The Morgan fingerprint density at radius 2 is 2.16 bits per heavy atom. The molecule has 2 unspecified atom stereocenters. The molecule has 1 fully saturated rings. The van der Waals surface area contributed by atoms with Gasteiger partial charge in [0, 0.05) is 5.02 Å². The third kappa shape index (κ3) is 3.48. The number of sulfone groups is 1. The normalized spacial score (nSPS) is 23.7. The van der Waals surface area contributed by atoms with Crippen LogP contribution in [0.1, 0.15) is 24.3 Å². The minimum Gasteiger partial charge on any atom is -0.481 e. The average molecular weight is 303 g/mol. The summed E-state index contributed by atoms with van der Waals surface area (Å²) in [5, 5.41) is 9.86. The van der Waals surface area contributed by atoms with Crippen molar-refractivity contribution in [3.63, 3.8) is 0 Å². The molecule has 1 N–H and O–H groups in total. The van der Waals surface area contributed by atoms with E-state index in [-0.39, 0.29) is 17.4 Å². The summed E-state index contributed by atoms with van der Waals surface area (Å²) in [7, 11) is -3.12. The highest BCUT2D eigenvalue weighted by Crippen LogP contribution is 2.33. The number of aliphatic carboxylic acids is 1. The topological polar surface area (TPSA) is 71.4 Å². The first-order chi connectivity index (χ1) is 8.89. The fraction of sp³-hybridized carbons (Fsp3) is 0.462. The molecule has 0 saturated carbocycles. The van der Waals surface area contributed by atoms with Gasteiger partial charge in [-0.2, -0.15) is 0 Å². The molecule has 1 aromatic rings. The molecule has 6 heteroatoms. The molecule has 2 atom stereocenters. The molecule has 19 heavy (non-hydrogen) atoms. The van der Waals surface area contributed by atoms with E-state index >= 15 is 0 Å². The molecule has 1 aromatic carbocycles. The van der Waals surface area contributed by atoms with Crippen molar-refractivity contribution in [1.82, 2.24) is 0 Å². The van der Waals surface area contributed by atoms with Crippen LogP contribution >= 0.6 is 11.6 Å². The number of benzene rings is 1. The van der Waals surface area contributed by atoms with Gasteiger partial charge in [-0.15, -0.1) is 0 Å². The maximum atomic E-state index is 11.7. The lowest BCUT2D eigenvalue weighted by Crippen LogP contribution is -2.32. The Balaban J connectivity index is 2.33. The largest absolute Gasteiger partial charge is 0.481 e. The van der Waals surface area contributed by atoms with E-state index in [1.165, 1.54) is 0 Å². The number of hydrogen-bond acceptors (Lipinski definition) is 3. The lowest BCUT2D eigenvalue weighted by atomic mass is 9.84. The lowest BCUT2D eigenvalue weighted by Gasteiger charge is -2.27. The summed E-state index contributed by atoms with van der Waals surface area (Å²) in [6.07, 6.45) is 1.14. The Bertz CT molecular complexity index is 582.